The van der Waals surface area contributed by atoms with Gasteiger partial charge in [-0.15, -0.1) is 0 Å². The molecule has 0 saturated carbocycles. The molecule has 18 nitrogen and oxygen atoms in total. The molecule has 0 aliphatic carbocycles. The van der Waals surface area contributed by atoms with Crippen molar-refractivity contribution in [1.29, 1.82) is 0 Å². The molecule has 5 rings (SSSR count). The average molecular weight is 916 g/mol. The maximum atomic E-state index is 13.9. The second kappa shape index (κ2) is 22.4. The minimum Gasteiger partial charge on any atom is -0.462 e. The molecule has 0 bridgehead atoms. The lowest BCUT2D eigenvalue weighted by Crippen LogP contribution is -2.60. The molecule has 0 aromatic carbocycles. The fourth-order valence-corrected chi connectivity index (χ4v) is 10.1. The third-order valence-electron chi connectivity index (χ3n) is 14.2. The van der Waals surface area contributed by atoms with Crippen LogP contribution in [0.15, 0.2) is 12.2 Å². The summed E-state index contributed by atoms with van der Waals surface area (Å²) in [5.41, 5.74) is -2.33. The molecule has 64 heavy (non-hydrogen) atoms. The van der Waals surface area contributed by atoms with Crippen molar-refractivity contribution in [2.75, 3.05) is 34.9 Å². The van der Waals surface area contributed by atoms with E-state index in [-0.39, 0.29) is 37.7 Å². The number of hydrogen-bond donors (Lipinski definition) is 4. The van der Waals surface area contributed by atoms with E-state index in [9.17, 15) is 34.8 Å². The van der Waals surface area contributed by atoms with Crippen LogP contribution in [-0.4, -0.2) is 188 Å². The summed E-state index contributed by atoms with van der Waals surface area (Å²) >= 11 is 0. The van der Waals surface area contributed by atoms with Gasteiger partial charge in [0.25, 0.3) is 0 Å². The lowest BCUT2D eigenvalue weighted by Gasteiger charge is -2.48. The van der Waals surface area contributed by atoms with E-state index in [0.717, 1.165) is 6.29 Å². The number of aliphatic hydroxyl groups is 4. The summed E-state index contributed by atoms with van der Waals surface area (Å²) in [5.74, 6) is -3.25. The smallest absolute Gasteiger partial charge is 0.308 e. The number of nitrogens with zero attached hydrogens (tertiary/aromatic N) is 1. The van der Waals surface area contributed by atoms with Crippen molar-refractivity contribution in [3.63, 3.8) is 0 Å². The average Bonchev–Trinajstić information content (AvgIpc) is 3.91. The Kier molecular flexibility index (Phi) is 18.5. The minimum absolute atomic E-state index is 0.00729. The molecule has 18 heteroatoms. The monoisotopic (exact) mass is 916 g/mol. The van der Waals surface area contributed by atoms with Crippen LogP contribution in [-0.2, 0) is 61.8 Å². The Morgan fingerprint density at radius 2 is 1.53 bits per heavy atom. The van der Waals surface area contributed by atoms with Gasteiger partial charge in [-0.2, -0.15) is 0 Å². The van der Waals surface area contributed by atoms with Crippen molar-refractivity contribution in [1.82, 2.24) is 4.90 Å². The zero-order valence-corrected chi connectivity index (χ0v) is 39.8. The molecular formula is C46H77NO17. The number of rotatable bonds is 13. The van der Waals surface area contributed by atoms with E-state index in [4.69, 9.17) is 47.4 Å². The van der Waals surface area contributed by atoms with Crippen molar-refractivity contribution in [2.45, 2.75) is 203 Å². The number of allylic oxidation sites excluding steroid dienone is 1. The van der Waals surface area contributed by atoms with Crippen LogP contribution < -0.4 is 0 Å². The Bertz CT molecular complexity index is 1570. The first-order valence-corrected chi connectivity index (χ1v) is 23.0. The number of carbonyl (C=O) groups is 3. The van der Waals surface area contributed by atoms with Gasteiger partial charge in [-0.25, -0.2) is 0 Å². The summed E-state index contributed by atoms with van der Waals surface area (Å²) in [5, 5.41) is 43.9. The molecule has 368 valence electrons. The van der Waals surface area contributed by atoms with Gasteiger partial charge in [0.15, 0.2) is 24.7 Å². The quantitative estimate of drug-likeness (QED) is 0.118. The molecule has 0 amide bonds. The second-order valence-corrected chi connectivity index (χ2v) is 19.4. The highest BCUT2D eigenvalue weighted by atomic mass is 16.7. The predicted octanol–water partition coefficient (Wildman–Crippen LogP) is 2.07. The molecule has 0 radical (unpaired) electrons. The highest BCUT2D eigenvalue weighted by Gasteiger charge is 2.58. The number of ketones is 1. The first-order valence-electron chi connectivity index (χ1n) is 23.0. The Balaban J connectivity index is 1.38. The van der Waals surface area contributed by atoms with Crippen LogP contribution in [0.2, 0.25) is 0 Å². The van der Waals surface area contributed by atoms with Crippen molar-refractivity contribution >= 4 is 18.0 Å². The number of epoxide rings is 1. The molecule has 0 aromatic heterocycles. The summed E-state index contributed by atoms with van der Waals surface area (Å²) in [6.07, 6.45) is -7.38. The Morgan fingerprint density at radius 1 is 0.875 bits per heavy atom. The van der Waals surface area contributed by atoms with E-state index >= 15 is 0 Å². The van der Waals surface area contributed by atoms with Crippen LogP contribution in [0.25, 0.3) is 0 Å². The molecule has 0 aromatic rings. The number of ether oxygens (including phenoxy) is 10. The normalized spacial score (nSPS) is 47.5. The van der Waals surface area contributed by atoms with Crippen LogP contribution in [0.4, 0.5) is 0 Å². The topological polar surface area (TPSA) is 231 Å². The van der Waals surface area contributed by atoms with Crippen LogP contribution in [0.1, 0.15) is 93.9 Å². The van der Waals surface area contributed by atoms with Crippen LogP contribution in [0.5, 0.6) is 0 Å². The predicted molar refractivity (Wildman–Crippen MR) is 228 cm³/mol. The van der Waals surface area contributed by atoms with Crippen molar-refractivity contribution in [3.8, 4) is 0 Å². The summed E-state index contributed by atoms with van der Waals surface area (Å²) in [4.78, 5) is 42.0. The third kappa shape index (κ3) is 12.4. The zero-order chi connectivity index (χ0) is 47.4. The lowest BCUT2D eigenvalue weighted by molar-refractivity contribution is -0.322. The van der Waals surface area contributed by atoms with Gasteiger partial charge in [0.1, 0.15) is 48.5 Å². The summed E-state index contributed by atoms with van der Waals surface area (Å²) in [7, 11) is 6.75. The highest BCUT2D eigenvalue weighted by molar-refractivity contribution is 5.91. The molecule has 22 unspecified atom stereocenters. The van der Waals surface area contributed by atoms with Crippen molar-refractivity contribution < 1.29 is 82.2 Å². The largest absolute Gasteiger partial charge is 0.462 e. The number of aldehydes is 1. The fraction of sp³-hybridized carbons (Fsp3) is 0.891. The summed E-state index contributed by atoms with van der Waals surface area (Å²) in [6, 6.07) is -0.278. The number of cyclic esters (lactones) is 1. The van der Waals surface area contributed by atoms with Gasteiger partial charge >= 0.3 is 5.97 Å². The van der Waals surface area contributed by atoms with E-state index in [2.05, 4.69) is 0 Å². The maximum Gasteiger partial charge on any atom is 0.308 e. The third-order valence-corrected chi connectivity index (χ3v) is 14.2. The molecule has 4 saturated heterocycles. The summed E-state index contributed by atoms with van der Waals surface area (Å²) < 4.78 is 61.6. The Labute approximate surface area is 378 Å². The van der Waals surface area contributed by atoms with Crippen molar-refractivity contribution in [3.05, 3.63) is 12.2 Å². The fourth-order valence-electron chi connectivity index (χ4n) is 10.1. The molecule has 4 fully saturated rings. The molecule has 4 N–H and O–H groups in total. The van der Waals surface area contributed by atoms with E-state index in [1.54, 1.807) is 40.7 Å². The van der Waals surface area contributed by atoms with Gasteiger partial charge in [-0.3, -0.25) is 9.59 Å². The van der Waals surface area contributed by atoms with E-state index in [0.29, 0.717) is 12.8 Å². The van der Waals surface area contributed by atoms with Crippen LogP contribution in [0.3, 0.4) is 0 Å². The van der Waals surface area contributed by atoms with Gasteiger partial charge < -0.3 is 77.5 Å². The molecule has 5 aliphatic rings. The molecule has 5 heterocycles. The number of likely N-dealkylation sites (N-methyl/N-ethyl adjacent to an activating group) is 1. The van der Waals surface area contributed by atoms with Gasteiger partial charge in [-0.1, -0.05) is 20.8 Å². The molecule has 22 atom stereocenters. The number of carbonyl (C=O) groups excluding carboxylic acids is 3. The van der Waals surface area contributed by atoms with Crippen LogP contribution >= 0.6 is 0 Å². The Hall–Kier alpha value is -2.01. The Morgan fingerprint density at radius 3 is 2.14 bits per heavy atom. The van der Waals surface area contributed by atoms with Gasteiger partial charge in [0.05, 0.1) is 55.3 Å². The molecule has 5 aliphatic heterocycles. The lowest BCUT2D eigenvalue weighted by atomic mass is 9.79. The van der Waals surface area contributed by atoms with Gasteiger partial charge in [0, 0.05) is 57.3 Å². The molecule has 0 spiro atoms. The van der Waals surface area contributed by atoms with E-state index < -0.39 is 139 Å². The summed E-state index contributed by atoms with van der Waals surface area (Å²) in [6.45, 7) is 14.0. The highest BCUT2D eigenvalue weighted by Crippen LogP contribution is 2.46. The number of hydrogen-bond acceptors (Lipinski definition) is 18. The second-order valence-electron chi connectivity index (χ2n) is 19.4. The number of esters is 1. The maximum absolute atomic E-state index is 13.9. The number of fused-ring (bicyclic) bond motifs is 1. The first-order chi connectivity index (χ1) is 30.1. The van der Waals surface area contributed by atoms with Crippen molar-refractivity contribution in [2.24, 2.45) is 23.7 Å². The molecular weight excluding hydrogens is 838 g/mol. The van der Waals surface area contributed by atoms with Gasteiger partial charge in [0.2, 0.25) is 0 Å². The first kappa shape index (κ1) is 53.0. The van der Waals surface area contributed by atoms with E-state index in [1.807, 2.05) is 39.8 Å². The van der Waals surface area contributed by atoms with Crippen LogP contribution in [0, 0.1) is 23.7 Å². The van der Waals surface area contributed by atoms with E-state index in [1.165, 1.54) is 20.3 Å². The zero-order valence-electron chi connectivity index (χ0n) is 39.8. The number of aliphatic hydroxyl groups excluding tert-OH is 3. The standard InChI is InChI=1S/C46H77NO17/c1-13-33-29(22-57-44-41(56-12)40(55-11)37(52)25(4)60-44)43-46(8,64-43)16-14-31(49)23(2)18-28(15-17-48)38(24(3)32(50)20-34(51)61-33)62-35-19-30(47(9)10)39(26(5)58-35)63-36-21-45(7,54)42(53)27(6)59-36/h14,16-17,23-30,32-33,35-44,50,52-54H,13,15,18-22H2,1-12H3. The SMILES string of the molecule is CCC1OC(=O)CC(O)C(C)C(OC2CC(N(C)C)C(OC3CC(C)(O)C(O)C(C)O3)C(C)O2)C(CC=O)CC(C)C(=O)C=CC2(C)OC2C1COC1OC(C)C(O)C(OC)C1OC. The minimum atomic E-state index is -1.42. The van der Waals surface area contributed by atoms with Gasteiger partial charge in [-0.05, 0) is 79.6 Å². The number of methoxy groups -OCH3 is 2.